The van der Waals surface area contributed by atoms with Crippen LogP contribution in [0.3, 0.4) is 0 Å². The Labute approximate surface area is 154 Å². The van der Waals surface area contributed by atoms with Gasteiger partial charge in [-0.2, -0.15) is 18.3 Å². The first-order chi connectivity index (χ1) is 12.5. The van der Waals surface area contributed by atoms with Crippen molar-refractivity contribution in [2.75, 3.05) is 0 Å². The van der Waals surface area contributed by atoms with Crippen LogP contribution >= 0.6 is 0 Å². The number of nitrogens with zero attached hydrogens (tertiary/aromatic N) is 2. The molecule has 0 bridgehead atoms. The second kappa shape index (κ2) is 7.81. The van der Waals surface area contributed by atoms with Gasteiger partial charge < -0.3 is 10.4 Å². The van der Waals surface area contributed by atoms with E-state index >= 15 is 0 Å². The average Bonchev–Trinajstić information content (AvgIpc) is 2.98. The van der Waals surface area contributed by atoms with Crippen molar-refractivity contribution in [1.82, 2.24) is 15.1 Å². The first-order valence-corrected chi connectivity index (χ1v) is 8.25. The highest BCUT2D eigenvalue weighted by molar-refractivity contribution is 5.97. The third kappa shape index (κ3) is 5.08. The number of carbonyl (C=O) groups excluding carboxylic acids is 1. The number of alkyl halides is 3. The van der Waals surface area contributed by atoms with Gasteiger partial charge in [-0.3, -0.25) is 4.79 Å². The molecule has 1 amide bonds. The van der Waals surface area contributed by atoms with E-state index in [1.165, 1.54) is 10.9 Å². The van der Waals surface area contributed by atoms with E-state index in [9.17, 15) is 22.8 Å². The van der Waals surface area contributed by atoms with Crippen LogP contribution < -0.4 is 5.32 Å². The van der Waals surface area contributed by atoms with E-state index in [1.54, 1.807) is 12.1 Å². The van der Waals surface area contributed by atoms with Gasteiger partial charge in [-0.15, -0.1) is 0 Å². The number of amides is 1. The van der Waals surface area contributed by atoms with Crippen LogP contribution in [-0.4, -0.2) is 39.0 Å². The van der Waals surface area contributed by atoms with Crippen molar-refractivity contribution in [2.45, 2.75) is 45.3 Å². The van der Waals surface area contributed by atoms with Crippen molar-refractivity contribution < 1.29 is 27.9 Å². The van der Waals surface area contributed by atoms with Crippen LogP contribution in [0.2, 0.25) is 0 Å². The van der Waals surface area contributed by atoms with Crippen LogP contribution in [0.1, 0.15) is 47.8 Å². The van der Waals surface area contributed by atoms with E-state index in [-0.39, 0.29) is 11.5 Å². The van der Waals surface area contributed by atoms with E-state index in [2.05, 4.69) is 5.10 Å². The Balaban J connectivity index is 2.36. The number of aliphatic carboxylic acids is 1. The molecule has 1 atom stereocenters. The number of hydrogen-bond donors (Lipinski definition) is 2. The summed E-state index contributed by atoms with van der Waals surface area (Å²) in [4.78, 5) is 23.6. The summed E-state index contributed by atoms with van der Waals surface area (Å²) < 4.78 is 39.2. The van der Waals surface area contributed by atoms with E-state index in [0.29, 0.717) is 11.4 Å². The van der Waals surface area contributed by atoms with Crippen LogP contribution in [0.25, 0.3) is 5.69 Å². The molecule has 2 N–H and O–H groups in total. The van der Waals surface area contributed by atoms with Gasteiger partial charge >= 0.3 is 12.1 Å². The Morgan fingerprint density at radius 1 is 1.22 bits per heavy atom. The lowest BCUT2D eigenvalue weighted by atomic mass is 10.0. The Kier molecular flexibility index (Phi) is 5.92. The molecule has 2 aromatic rings. The molecule has 0 aliphatic heterocycles. The average molecular weight is 383 g/mol. The molecule has 1 aromatic carbocycles. The summed E-state index contributed by atoms with van der Waals surface area (Å²) in [6.07, 6.45) is -5.14. The Morgan fingerprint density at radius 2 is 1.81 bits per heavy atom. The fraction of sp³-hybridized carbons (Fsp3) is 0.389. The number of carboxylic acids is 1. The van der Waals surface area contributed by atoms with Crippen molar-refractivity contribution in [3.05, 3.63) is 47.3 Å². The number of hydrogen-bond acceptors (Lipinski definition) is 3. The van der Waals surface area contributed by atoms with Crippen molar-refractivity contribution in [2.24, 2.45) is 0 Å². The molecule has 1 heterocycles. The number of rotatable bonds is 6. The molecule has 0 fully saturated rings. The summed E-state index contributed by atoms with van der Waals surface area (Å²) in [7, 11) is 0. The molecular weight excluding hydrogens is 363 g/mol. The highest BCUT2D eigenvalue weighted by Gasteiger charge is 2.37. The molecule has 0 saturated carbocycles. The minimum Gasteiger partial charge on any atom is -0.480 e. The van der Waals surface area contributed by atoms with Crippen molar-refractivity contribution in [1.29, 1.82) is 0 Å². The number of nitrogens with one attached hydrogen (secondary N) is 1. The summed E-state index contributed by atoms with van der Waals surface area (Å²) in [6.45, 7) is 5.54. The minimum atomic E-state index is -4.72. The fourth-order valence-electron chi connectivity index (χ4n) is 2.65. The number of benzene rings is 1. The van der Waals surface area contributed by atoms with Gasteiger partial charge in [-0.05, 0) is 25.0 Å². The van der Waals surface area contributed by atoms with Crippen LogP contribution in [0, 0.1) is 6.92 Å². The van der Waals surface area contributed by atoms with Crippen molar-refractivity contribution in [3.63, 3.8) is 0 Å². The summed E-state index contributed by atoms with van der Waals surface area (Å²) in [5.74, 6) is -2.84. The van der Waals surface area contributed by atoms with Gasteiger partial charge in [-0.1, -0.05) is 31.5 Å². The van der Waals surface area contributed by atoms with Crippen LogP contribution in [0.4, 0.5) is 13.2 Å². The molecule has 9 heteroatoms. The summed E-state index contributed by atoms with van der Waals surface area (Å²) in [6, 6.07) is 5.27. The smallest absolute Gasteiger partial charge is 0.391 e. The second-order valence-electron chi connectivity index (χ2n) is 6.53. The first kappa shape index (κ1) is 20.5. The van der Waals surface area contributed by atoms with E-state index in [0.717, 1.165) is 5.56 Å². The molecule has 0 aliphatic rings. The zero-order valence-corrected chi connectivity index (χ0v) is 15.0. The zero-order valence-electron chi connectivity index (χ0n) is 15.0. The molecule has 0 spiro atoms. The molecule has 2 rings (SSSR count). The summed E-state index contributed by atoms with van der Waals surface area (Å²) in [5, 5.41) is 15.1. The molecule has 1 aromatic heterocycles. The SMILES string of the molecule is Cc1ccc(-n2ncc(C(=O)NC(CC(F)(F)F)C(=O)O)c2C(C)C)cc1. The Hall–Kier alpha value is -2.84. The van der Waals surface area contributed by atoms with Gasteiger partial charge in [0, 0.05) is 0 Å². The maximum Gasteiger partial charge on any atom is 0.391 e. The lowest BCUT2D eigenvalue weighted by molar-refractivity contribution is -0.157. The third-order valence-corrected chi connectivity index (χ3v) is 3.92. The van der Waals surface area contributed by atoms with E-state index in [1.807, 2.05) is 38.2 Å². The topological polar surface area (TPSA) is 84.2 Å². The predicted molar refractivity (Wildman–Crippen MR) is 92.0 cm³/mol. The van der Waals surface area contributed by atoms with Gasteiger partial charge in [0.1, 0.15) is 6.04 Å². The third-order valence-electron chi connectivity index (χ3n) is 3.92. The highest BCUT2D eigenvalue weighted by atomic mass is 19.4. The number of carbonyl (C=O) groups is 2. The monoisotopic (exact) mass is 383 g/mol. The normalized spacial score (nSPS) is 12.9. The largest absolute Gasteiger partial charge is 0.480 e. The highest BCUT2D eigenvalue weighted by Crippen LogP contribution is 2.25. The minimum absolute atomic E-state index is 0.0407. The quantitative estimate of drug-likeness (QED) is 0.800. The van der Waals surface area contributed by atoms with Gasteiger partial charge in [0.05, 0.1) is 29.6 Å². The number of halogens is 3. The molecule has 146 valence electrons. The second-order valence-corrected chi connectivity index (χ2v) is 6.53. The Morgan fingerprint density at radius 3 is 2.30 bits per heavy atom. The van der Waals surface area contributed by atoms with Gasteiger partial charge in [-0.25, -0.2) is 9.48 Å². The Bertz CT molecular complexity index is 827. The lowest BCUT2D eigenvalue weighted by Gasteiger charge is -2.17. The standard InChI is InChI=1S/C18H20F3N3O3/c1-10(2)15-13(9-22-24(15)12-6-4-11(3)5-7-12)16(25)23-14(17(26)27)8-18(19,20)21/h4-7,9-10,14H,8H2,1-3H3,(H,23,25)(H,26,27). The molecule has 0 radical (unpaired) electrons. The van der Waals surface area contributed by atoms with Crippen LogP contribution in [0.5, 0.6) is 0 Å². The predicted octanol–water partition coefficient (Wildman–Crippen LogP) is 3.44. The summed E-state index contributed by atoms with van der Waals surface area (Å²) in [5.41, 5.74) is 2.24. The fourth-order valence-corrected chi connectivity index (χ4v) is 2.65. The van der Waals surface area contributed by atoms with Crippen molar-refractivity contribution in [3.8, 4) is 5.69 Å². The van der Waals surface area contributed by atoms with E-state index in [4.69, 9.17) is 5.11 Å². The molecule has 1 unspecified atom stereocenters. The maximum atomic E-state index is 12.6. The van der Waals surface area contributed by atoms with Gasteiger partial charge in [0.25, 0.3) is 5.91 Å². The first-order valence-electron chi connectivity index (χ1n) is 8.25. The molecular formula is C18H20F3N3O3. The van der Waals surface area contributed by atoms with Crippen LogP contribution in [0.15, 0.2) is 30.5 Å². The van der Waals surface area contributed by atoms with Gasteiger partial charge in [0.2, 0.25) is 0 Å². The zero-order chi connectivity index (χ0) is 20.4. The lowest BCUT2D eigenvalue weighted by Crippen LogP contribution is -2.43. The summed E-state index contributed by atoms with van der Waals surface area (Å²) >= 11 is 0. The molecule has 0 aliphatic carbocycles. The molecule has 0 saturated heterocycles. The van der Waals surface area contributed by atoms with Crippen LogP contribution in [-0.2, 0) is 4.79 Å². The van der Waals surface area contributed by atoms with Gasteiger partial charge in [0.15, 0.2) is 0 Å². The number of aryl methyl sites for hydroxylation is 1. The maximum absolute atomic E-state index is 12.6. The molecule has 27 heavy (non-hydrogen) atoms. The number of carboxylic acid groups (broad SMARTS) is 1. The van der Waals surface area contributed by atoms with Crippen molar-refractivity contribution >= 4 is 11.9 Å². The molecule has 6 nitrogen and oxygen atoms in total. The van der Waals surface area contributed by atoms with E-state index < -0.39 is 30.5 Å². The number of aromatic nitrogens is 2.